The van der Waals surface area contributed by atoms with Gasteiger partial charge in [0.25, 0.3) is 0 Å². The number of carbonyl (C=O) groups excluding carboxylic acids is 1. The van der Waals surface area contributed by atoms with Crippen molar-refractivity contribution in [1.29, 1.82) is 0 Å². The Morgan fingerprint density at radius 3 is 2.53 bits per heavy atom. The Balaban J connectivity index is 1.30. The molecule has 0 aromatic heterocycles. The molecule has 1 fully saturated rings. The Morgan fingerprint density at radius 1 is 0.867 bits per heavy atom. The molecule has 0 bridgehead atoms. The van der Waals surface area contributed by atoms with Crippen LogP contribution < -0.4 is 5.73 Å². The standard InChI is InChI=1S/C27H28N2O/c28-27(30)24-8-4-7-20(16-24)21-9-10-23-17-26(12-11-22(23)15-21)29-14-13-25(18-29)19-5-2-1-3-6-19/h1-10,15-16,25-26H,11-14,17-18H2,(H2,28,30). The molecule has 3 aromatic rings. The highest BCUT2D eigenvalue weighted by molar-refractivity contribution is 5.94. The summed E-state index contributed by atoms with van der Waals surface area (Å²) in [4.78, 5) is 14.2. The van der Waals surface area contributed by atoms with Crippen LogP contribution in [0.3, 0.4) is 0 Å². The Kier molecular flexibility index (Phi) is 5.14. The van der Waals surface area contributed by atoms with E-state index in [0.717, 1.165) is 18.4 Å². The molecule has 5 rings (SSSR count). The third-order valence-electron chi connectivity index (χ3n) is 6.90. The zero-order chi connectivity index (χ0) is 20.5. The number of carbonyl (C=O) groups is 1. The van der Waals surface area contributed by atoms with Crippen LogP contribution in [0.4, 0.5) is 0 Å². The number of fused-ring (bicyclic) bond motifs is 1. The molecule has 0 radical (unpaired) electrons. The fraction of sp³-hybridized carbons (Fsp3) is 0.296. The molecule has 152 valence electrons. The summed E-state index contributed by atoms with van der Waals surface area (Å²) in [6, 6.07) is 26.0. The van der Waals surface area contributed by atoms with Crippen molar-refractivity contribution < 1.29 is 4.79 Å². The lowest BCUT2D eigenvalue weighted by Gasteiger charge is -2.32. The van der Waals surface area contributed by atoms with Crippen LogP contribution >= 0.6 is 0 Å². The monoisotopic (exact) mass is 396 g/mol. The molecule has 1 amide bonds. The molecule has 3 aromatic carbocycles. The van der Waals surface area contributed by atoms with E-state index in [0.29, 0.717) is 17.5 Å². The summed E-state index contributed by atoms with van der Waals surface area (Å²) in [6.45, 7) is 2.39. The van der Waals surface area contributed by atoms with Gasteiger partial charge in [0.15, 0.2) is 0 Å². The fourth-order valence-electron chi connectivity index (χ4n) is 5.20. The van der Waals surface area contributed by atoms with Crippen LogP contribution in [-0.4, -0.2) is 29.9 Å². The van der Waals surface area contributed by atoms with Crippen LogP contribution in [0.1, 0.15) is 45.8 Å². The minimum Gasteiger partial charge on any atom is -0.366 e. The van der Waals surface area contributed by atoms with E-state index in [1.165, 1.54) is 48.2 Å². The Morgan fingerprint density at radius 2 is 1.70 bits per heavy atom. The number of likely N-dealkylation sites (tertiary alicyclic amines) is 1. The number of aryl methyl sites for hydroxylation is 1. The number of hydrogen-bond acceptors (Lipinski definition) is 2. The smallest absolute Gasteiger partial charge is 0.248 e. The van der Waals surface area contributed by atoms with E-state index in [2.05, 4.69) is 53.4 Å². The molecule has 0 spiro atoms. The number of amides is 1. The van der Waals surface area contributed by atoms with Crippen LogP contribution in [0, 0.1) is 0 Å². The van der Waals surface area contributed by atoms with E-state index in [-0.39, 0.29) is 5.91 Å². The van der Waals surface area contributed by atoms with Crippen molar-refractivity contribution in [2.75, 3.05) is 13.1 Å². The fourth-order valence-corrected chi connectivity index (χ4v) is 5.20. The summed E-state index contributed by atoms with van der Waals surface area (Å²) in [5.41, 5.74) is 12.6. The molecule has 3 heteroatoms. The number of benzene rings is 3. The lowest BCUT2D eigenvalue weighted by molar-refractivity contribution is 0.100. The minimum atomic E-state index is -0.378. The zero-order valence-electron chi connectivity index (χ0n) is 17.3. The molecule has 2 N–H and O–H groups in total. The SMILES string of the molecule is NC(=O)c1cccc(-c2ccc3c(c2)CCC(N2CCC(c4ccccc4)C2)C3)c1. The Bertz CT molecular complexity index is 1060. The van der Waals surface area contributed by atoms with E-state index in [4.69, 9.17) is 5.73 Å². The molecule has 2 aliphatic rings. The van der Waals surface area contributed by atoms with Gasteiger partial charge < -0.3 is 5.73 Å². The lowest BCUT2D eigenvalue weighted by Crippen LogP contribution is -2.37. The van der Waals surface area contributed by atoms with Gasteiger partial charge in [-0.3, -0.25) is 9.69 Å². The van der Waals surface area contributed by atoms with Gasteiger partial charge >= 0.3 is 0 Å². The summed E-state index contributed by atoms with van der Waals surface area (Å²) >= 11 is 0. The molecule has 2 unspecified atom stereocenters. The third-order valence-corrected chi connectivity index (χ3v) is 6.90. The number of primary amides is 1. The summed E-state index contributed by atoms with van der Waals surface area (Å²) < 4.78 is 0. The van der Waals surface area contributed by atoms with Crippen molar-refractivity contribution in [3.63, 3.8) is 0 Å². The van der Waals surface area contributed by atoms with Gasteiger partial charge in [-0.1, -0.05) is 60.7 Å². The second kappa shape index (κ2) is 8.08. The second-order valence-corrected chi connectivity index (χ2v) is 8.72. The van der Waals surface area contributed by atoms with Gasteiger partial charge in [-0.2, -0.15) is 0 Å². The molecule has 1 aliphatic heterocycles. The van der Waals surface area contributed by atoms with E-state index in [1.807, 2.05) is 18.2 Å². The highest BCUT2D eigenvalue weighted by atomic mass is 16.1. The first-order valence-electron chi connectivity index (χ1n) is 11.0. The molecule has 1 aliphatic carbocycles. The maximum atomic E-state index is 11.5. The molecule has 30 heavy (non-hydrogen) atoms. The van der Waals surface area contributed by atoms with E-state index in [1.54, 1.807) is 6.07 Å². The van der Waals surface area contributed by atoms with Crippen molar-refractivity contribution in [2.24, 2.45) is 5.73 Å². The average Bonchev–Trinajstić information content (AvgIpc) is 3.29. The topological polar surface area (TPSA) is 46.3 Å². The predicted octanol–water partition coefficient (Wildman–Crippen LogP) is 4.80. The minimum absolute atomic E-state index is 0.378. The molecule has 3 nitrogen and oxygen atoms in total. The zero-order valence-corrected chi connectivity index (χ0v) is 17.3. The van der Waals surface area contributed by atoms with E-state index >= 15 is 0 Å². The van der Waals surface area contributed by atoms with Crippen LogP contribution in [-0.2, 0) is 12.8 Å². The van der Waals surface area contributed by atoms with Gasteiger partial charge in [-0.15, -0.1) is 0 Å². The van der Waals surface area contributed by atoms with Gasteiger partial charge in [-0.05, 0) is 78.1 Å². The molecule has 0 saturated carbocycles. The normalized spacial score (nSPS) is 21.3. The highest BCUT2D eigenvalue weighted by Crippen LogP contribution is 2.34. The maximum absolute atomic E-state index is 11.5. The van der Waals surface area contributed by atoms with Gasteiger partial charge in [0, 0.05) is 18.2 Å². The first-order chi connectivity index (χ1) is 14.7. The highest BCUT2D eigenvalue weighted by Gasteiger charge is 2.31. The molecular weight excluding hydrogens is 368 g/mol. The molecule has 1 saturated heterocycles. The second-order valence-electron chi connectivity index (χ2n) is 8.72. The molecule has 1 heterocycles. The van der Waals surface area contributed by atoms with Crippen molar-refractivity contribution in [2.45, 2.75) is 37.6 Å². The van der Waals surface area contributed by atoms with Gasteiger partial charge in [0.1, 0.15) is 0 Å². The van der Waals surface area contributed by atoms with Crippen molar-refractivity contribution in [1.82, 2.24) is 4.90 Å². The first kappa shape index (κ1) is 19.1. The maximum Gasteiger partial charge on any atom is 0.248 e. The number of nitrogens with two attached hydrogens (primary N) is 1. The van der Waals surface area contributed by atoms with Crippen LogP contribution in [0.5, 0.6) is 0 Å². The van der Waals surface area contributed by atoms with Crippen LogP contribution in [0.2, 0.25) is 0 Å². The number of hydrogen-bond donors (Lipinski definition) is 1. The Hall–Kier alpha value is -2.91. The molecular formula is C27H28N2O. The number of rotatable bonds is 4. The van der Waals surface area contributed by atoms with Crippen molar-refractivity contribution in [3.8, 4) is 11.1 Å². The quantitative estimate of drug-likeness (QED) is 0.689. The first-order valence-corrected chi connectivity index (χ1v) is 11.0. The predicted molar refractivity (Wildman–Crippen MR) is 122 cm³/mol. The molecule has 2 atom stereocenters. The third kappa shape index (κ3) is 3.78. The Labute approximate surface area is 178 Å². The number of nitrogens with zero attached hydrogens (tertiary/aromatic N) is 1. The van der Waals surface area contributed by atoms with Crippen molar-refractivity contribution >= 4 is 5.91 Å². The van der Waals surface area contributed by atoms with Gasteiger partial charge in [0.05, 0.1) is 0 Å². The van der Waals surface area contributed by atoms with Crippen LogP contribution in [0.15, 0.2) is 72.8 Å². The summed E-state index contributed by atoms with van der Waals surface area (Å²) in [5.74, 6) is 0.296. The summed E-state index contributed by atoms with van der Waals surface area (Å²) in [7, 11) is 0. The van der Waals surface area contributed by atoms with Gasteiger partial charge in [-0.25, -0.2) is 0 Å². The van der Waals surface area contributed by atoms with Crippen molar-refractivity contribution in [3.05, 3.63) is 95.1 Å². The van der Waals surface area contributed by atoms with E-state index < -0.39 is 0 Å². The van der Waals surface area contributed by atoms with Gasteiger partial charge in [0.2, 0.25) is 5.91 Å². The summed E-state index contributed by atoms with van der Waals surface area (Å²) in [6.07, 6.45) is 4.75. The lowest BCUT2D eigenvalue weighted by atomic mass is 9.85. The van der Waals surface area contributed by atoms with Crippen LogP contribution in [0.25, 0.3) is 11.1 Å². The average molecular weight is 397 g/mol. The summed E-state index contributed by atoms with van der Waals surface area (Å²) in [5, 5.41) is 0. The van der Waals surface area contributed by atoms with E-state index in [9.17, 15) is 4.79 Å². The largest absolute Gasteiger partial charge is 0.366 e.